The molecule has 1 aromatic heterocycles. The van der Waals surface area contributed by atoms with Crippen LogP contribution < -0.4 is 10.6 Å². The average molecular weight is 399 g/mol. The lowest BCUT2D eigenvalue weighted by Gasteiger charge is -2.24. The molecule has 0 atom stereocenters. The van der Waals surface area contributed by atoms with E-state index in [4.69, 9.17) is 10.1 Å². The van der Waals surface area contributed by atoms with Crippen LogP contribution >= 0.6 is 12.4 Å². The highest BCUT2D eigenvalue weighted by Crippen LogP contribution is 2.27. The maximum atomic E-state index is 9.05. The molecule has 0 aliphatic heterocycles. The van der Waals surface area contributed by atoms with E-state index < -0.39 is 0 Å². The molecule has 0 spiro atoms. The van der Waals surface area contributed by atoms with Gasteiger partial charge in [0.15, 0.2) is 0 Å². The Morgan fingerprint density at radius 3 is 2.43 bits per heavy atom. The minimum Gasteiger partial charge on any atom is -0.396 e. The molecule has 148 valence electrons. The van der Waals surface area contributed by atoms with E-state index >= 15 is 0 Å². The summed E-state index contributed by atoms with van der Waals surface area (Å²) in [6.45, 7) is 0.163. The van der Waals surface area contributed by atoms with Crippen LogP contribution in [0.25, 0.3) is 10.9 Å². The zero-order valence-electron chi connectivity index (χ0n) is 15.9. The van der Waals surface area contributed by atoms with E-state index in [-0.39, 0.29) is 19.0 Å². The van der Waals surface area contributed by atoms with Gasteiger partial charge in [0.05, 0.1) is 5.52 Å². The first-order valence-electron chi connectivity index (χ1n) is 9.82. The predicted octanol–water partition coefficient (Wildman–Crippen LogP) is 5.07. The van der Waals surface area contributed by atoms with Gasteiger partial charge in [-0.2, -0.15) is 4.98 Å². The number of aliphatic hydroxyl groups is 1. The summed E-state index contributed by atoms with van der Waals surface area (Å²) in [5.74, 6) is 1.51. The van der Waals surface area contributed by atoms with Gasteiger partial charge in [-0.15, -0.1) is 12.4 Å². The highest BCUT2D eigenvalue weighted by atomic mass is 35.5. The van der Waals surface area contributed by atoms with Crippen LogP contribution in [0.4, 0.5) is 17.5 Å². The molecule has 0 amide bonds. The molecule has 3 aromatic rings. The van der Waals surface area contributed by atoms with Gasteiger partial charge in [0.25, 0.3) is 0 Å². The first-order valence-corrected chi connectivity index (χ1v) is 9.82. The Balaban J connectivity index is 0.00000225. The third kappa shape index (κ3) is 4.91. The number of anilines is 3. The Bertz CT molecular complexity index is 895. The second kappa shape index (κ2) is 9.71. The quantitative estimate of drug-likeness (QED) is 0.540. The number of hydrogen-bond acceptors (Lipinski definition) is 5. The van der Waals surface area contributed by atoms with E-state index in [1.165, 1.54) is 32.1 Å². The SMILES string of the molecule is Cl.OCCc1ccc(Nc2nc(NC3CCCCC3)c3ccccc3n2)cc1. The van der Waals surface area contributed by atoms with Crippen LogP contribution in [0.15, 0.2) is 48.5 Å². The summed E-state index contributed by atoms with van der Waals surface area (Å²) in [5.41, 5.74) is 2.99. The lowest BCUT2D eigenvalue weighted by molar-refractivity contribution is 0.299. The number of aromatic nitrogens is 2. The highest BCUT2D eigenvalue weighted by Gasteiger charge is 2.16. The summed E-state index contributed by atoms with van der Waals surface area (Å²) in [6, 6.07) is 16.7. The average Bonchev–Trinajstić information content (AvgIpc) is 2.71. The largest absolute Gasteiger partial charge is 0.396 e. The Labute approximate surface area is 172 Å². The zero-order chi connectivity index (χ0) is 18.5. The van der Waals surface area contributed by atoms with Crippen LogP contribution in [0.1, 0.15) is 37.7 Å². The van der Waals surface area contributed by atoms with Crippen molar-refractivity contribution in [1.29, 1.82) is 0 Å². The van der Waals surface area contributed by atoms with E-state index in [1.807, 2.05) is 42.5 Å². The molecule has 0 radical (unpaired) electrons. The van der Waals surface area contributed by atoms with Crippen molar-refractivity contribution in [3.05, 3.63) is 54.1 Å². The van der Waals surface area contributed by atoms with Gasteiger partial charge in [-0.05, 0) is 49.1 Å². The van der Waals surface area contributed by atoms with E-state index in [0.717, 1.165) is 28.0 Å². The second-order valence-corrected chi connectivity index (χ2v) is 7.19. The summed E-state index contributed by atoms with van der Waals surface area (Å²) in [6.07, 6.45) is 6.97. The predicted molar refractivity (Wildman–Crippen MR) is 118 cm³/mol. The lowest BCUT2D eigenvalue weighted by atomic mass is 9.95. The number of nitrogens with zero attached hydrogens (tertiary/aromatic N) is 2. The molecule has 1 saturated carbocycles. The first kappa shape index (κ1) is 20.4. The molecule has 1 aliphatic carbocycles. The first-order chi connectivity index (χ1) is 13.3. The van der Waals surface area contributed by atoms with Crippen molar-refractivity contribution in [3.63, 3.8) is 0 Å². The fourth-order valence-corrected chi connectivity index (χ4v) is 3.70. The fraction of sp³-hybridized carbons (Fsp3) is 0.364. The number of benzene rings is 2. The molecule has 5 nitrogen and oxygen atoms in total. The molecule has 1 aliphatic rings. The molecule has 0 unspecified atom stereocenters. The number of para-hydroxylation sites is 1. The third-order valence-corrected chi connectivity index (χ3v) is 5.16. The Hall–Kier alpha value is -2.37. The lowest BCUT2D eigenvalue weighted by Crippen LogP contribution is -2.23. The molecule has 0 saturated heterocycles. The number of halogens is 1. The second-order valence-electron chi connectivity index (χ2n) is 7.19. The highest BCUT2D eigenvalue weighted by molar-refractivity contribution is 5.90. The number of fused-ring (bicyclic) bond motifs is 1. The normalized spacial score (nSPS) is 14.5. The maximum Gasteiger partial charge on any atom is 0.229 e. The summed E-state index contributed by atoms with van der Waals surface area (Å²) in [5, 5.41) is 17.1. The van der Waals surface area contributed by atoms with Crippen LogP contribution in [0, 0.1) is 0 Å². The minimum atomic E-state index is 0. The van der Waals surface area contributed by atoms with Crippen molar-refractivity contribution in [1.82, 2.24) is 9.97 Å². The Morgan fingerprint density at radius 1 is 0.929 bits per heavy atom. The monoisotopic (exact) mass is 398 g/mol. The number of nitrogens with one attached hydrogen (secondary N) is 2. The molecule has 2 aromatic carbocycles. The van der Waals surface area contributed by atoms with Crippen molar-refractivity contribution in [2.24, 2.45) is 0 Å². The van der Waals surface area contributed by atoms with Crippen molar-refractivity contribution in [2.75, 3.05) is 17.2 Å². The van der Waals surface area contributed by atoms with E-state index in [9.17, 15) is 0 Å². The molecule has 6 heteroatoms. The van der Waals surface area contributed by atoms with Gasteiger partial charge in [-0.25, -0.2) is 4.98 Å². The van der Waals surface area contributed by atoms with E-state index in [0.29, 0.717) is 18.4 Å². The van der Waals surface area contributed by atoms with Crippen molar-refractivity contribution in [2.45, 2.75) is 44.6 Å². The van der Waals surface area contributed by atoms with Crippen molar-refractivity contribution < 1.29 is 5.11 Å². The topological polar surface area (TPSA) is 70.1 Å². The summed E-state index contributed by atoms with van der Waals surface area (Å²) >= 11 is 0. The Morgan fingerprint density at radius 2 is 1.68 bits per heavy atom. The summed E-state index contributed by atoms with van der Waals surface area (Å²) in [7, 11) is 0. The number of rotatable bonds is 6. The van der Waals surface area contributed by atoms with Crippen LogP contribution in [-0.2, 0) is 6.42 Å². The van der Waals surface area contributed by atoms with Crippen LogP contribution in [-0.4, -0.2) is 27.7 Å². The fourth-order valence-electron chi connectivity index (χ4n) is 3.70. The van der Waals surface area contributed by atoms with Gasteiger partial charge < -0.3 is 15.7 Å². The maximum absolute atomic E-state index is 9.05. The standard InChI is InChI=1S/C22H26N4O.ClH/c27-15-14-16-10-12-18(13-11-16)24-22-25-20-9-5-4-8-19(20)21(26-22)23-17-6-2-1-3-7-17;/h4-5,8-13,17,27H,1-3,6-7,14-15H2,(H2,23,24,25,26);1H. The van der Waals surface area contributed by atoms with Gasteiger partial charge in [0.1, 0.15) is 5.82 Å². The van der Waals surface area contributed by atoms with Crippen LogP contribution in [0.5, 0.6) is 0 Å². The van der Waals surface area contributed by atoms with Gasteiger partial charge in [-0.3, -0.25) is 0 Å². The molecule has 0 bridgehead atoms. The van der Waals surface area contributed by atoms with Crippen LogP contribution in [0.3, 0.4) is 0 Å². The molecule has 1 fully saturated rings. The molecular formula is C22H27ClN4O. The van der Waals surface area contributed by atoms with Gasteiger partial charge in [0.2, 0.25) is 5.95 Å². The zero-order valence-corrected chi connectivity index (χ0v) is 16.7. The van der Waals surface area contributed by atoms with Crippen molar-refractivity contribution in [3.8, 4) is 0 Å². The van der Waals surface area contributed by atoms with Gasteiger partial charge >= 0.3 is 0 Å². The van der Waals surface area contributed by atoms with Crippen molar-refractivity contribution >= 4 is 40.8 Å². The third-order valence-electron chi connectivity index (χ3n) is 5.16. The molecule has 1 heterocycles. The summed E-state index contributed by atoms with van der Waals surface area (Å²) < 4.78 is 0. The number of aliphatic hydroxyl groups excluding tert-OH is 1. The Kier molecular flexibility index (Phi) is 7.06. The summed E-state index contributed by atoms with van der Waals surface area (Å²) in [4.78, 5) is 9.46. The minimum absolute atomic E-state index is 0. The smallest absolute Gasteiger partial charge is 0.229 e. The molecular weight excluding hydrogens is 372 g/mol. The molecule has 4 rings (SSSR count). The van der Waals surface area contributed by atoms with E-state index in [1.54, 1.807) is 0 Å². The molecule has 3 N–H and O–H groups in total. The van der Waals surface area contributed by atoms with Gasteiger partial charge in [-0.1, -0.05) is 43.5 Å². The number of hydrogen-bond donors (Lipinski definition) is 3. The van der Waals surface area contributed by atoms with Gasteiger partial charge in [0, 0.05) is 23.7 Å². The van der Waals surface area contributed by atoms with Crippen LogP contribution in [0.2, 0.25) is 0 Å². The molecule has 28 heavy (non-hydrogen) atoms. The van der Waals surface area contributed by atoms with E-state index in [2.05, 4.69) is 21.7 Å².